The van der Waals surface area contributed by atoms with Crippen LogP contribution in [0.15, 0.2) is 24.3 Å². The fourth-order valence-electron chi connectivity index (χ4n) is 2.62. The lowest BCUT2D eigenvalue weighted by atomic mass is 10.2. The van der Waals surface area contributed by atoms with Crippen LogP contribution in [0.2, 0.25) is 0 Å². The van der Waals surface area contributed by atoms with E-state index in [-0.39, 0.29) is 24.8 Å². The van der Waals surface area contributed by atoms with Crippen molar-refractivity contribution in [1.82, 2.24) is 4.98 Å². The minimum atomic E-state index is -0.504. The second-order valence-electron chi connectivity index (χ2n) is 6.42. The van der Waals surface area contributed by atoms with Crippen molar-refractivity contribution >= 4 is 34.0 Å². The largest absolute Gasteiger partial charge is 0.484 e. The molecule has 2 rings (SSSR count). The quantitative estimate of drug-likeness (QED) is 0.226. The number of aryl methyl sites for hydroxylation is 1. The molecule has 0 saturated heterocycles. The Morgan fingerprint density at radius 2 is 1.90 bits per heavy atom. The highest BCUT2D eigenvalue weighted by Crippen LogP contribution is 2.28. The number of nitrogens with zero attached hydrogens (tertiary/aromatic N) is 3. The monoisotopic (exact) mass is 435 g/mol. The first kappa shape index (κ1) is 23.3. The van der Waals surface area contributed by atoms with Crippen LogP contribution in [-0.4, -0.2) is 41.5 Å². The van der Waals surface area contributed by atoms with Gasteiger partial charge in [0.25, 0.3) is 11.6 Å². The second kappa shape index (κ2) is 11.2. The predicted molar refractivity (Wildman–Crippen MR) is 113 cm³/mol. The molecule has 0 aliphatic rings. The van der Waals surface area contributed by atoms with Crippen molar-refractivity contribution in [2.75, 3.05) is 24.7 Å². The summed E-state index contributed by atoms with van der Waals surface area (Å²) in [7, 11) is 0. The number of benzene rings is 1. The van der Waals surface area contributed by atoms with Crippen LogP contribution in [0.25, 0.3) is 0 Å². The molecule has 0 atom stereocenters. The average molecular weight is 436 g/mol. The predicted octanol–water partition coefficient (Wildman–Crippen LogP) is 4.14. The molecule has 0 radical (unpaired) electrons. The van der Waals surface area contributed by atoms with Crippen LogP contribution in [-0.2, 0) is 9.53 Å². The Labute approximate surface area is 178 Å². The zero-order valence-electron chi connectivity index (χ0n) is 17.3. The van der Waals surface area contributed by atoms with Crippen LogP contribution in [0, 0.1) is 17.0 Å². The third kappa shape index (κ3) is 6.24. The van der Waals surface area contributed by atoms with Gasteiger partial charge in [-0.05, 0) is 32.4 Å². The maximum Gasteiger partial charge on any atom is 0.350 e. The Hall–Kier alpha value is -3.01. The van der Waals surface area contributed by atoms with Gasteiger partial charge < -0.3 is 9.47 Å². The first-order valence-electron chi connectivity index (χ1n) is 9.69. The number of nitro groups is 1. The van der Waals surface area contributed by atoms with Crippen LogP contribution in [0.4, 0.5) is 10.8 Å². The highest BCUT2D eigenvalue weighted by molar-refractivity contribution is 7.17. The summed E-state index contributed by atoms with van der Waals surface area (Å²) in [6.45, 7) is 5.95. The van der Waals surface area contributed by atoms with Crippen LogP contribution < -0.4 is 9.64 Å². The van der Waals surface area contributed by atoms with Crippen molar-refractivity contribution in [3.8, 4) is 5.75 Å². The molecule has 9 nitrogen and oxygen atoms in total. The van der Waals surface area contributed by atoms with E-state index in [0.717, 1.165) is 30.6 Å². The van der Waals surface area contributed by atoms with E-state index >= 15 is 0 Å². The standard InChI is InChI=1S/C20H25N3O6S/c1-4-6-7-12-22(20-21-14(3)18(30-20)19(25)28-5-2)17(24)13-29-16-10-8-15(9-11-16)23(26)27/h8-11H,4-7,12-13H2,1-3H3. The van der Waals surface area contributed by atoms with E-state index in [1.807, 2.05) is 0 Å². The molecule has 2 aromatic rings. The third-order valence-corrected chi connectivity index (χ3v) is 5.33. The van der Waals surface area contributed by atoms with Gasteiger partial charge in [-0.15, -0.1) is 0 Å². The van der Waals surface area contributed by atoms with Gasteiger partial charge >= 0.3 is 5.97 Å². The minimum Gasteiger partial charge on any atom is -0.484 e. The lowest BCUT2D eigenvalue weighted by Gasteiger charge is -2.20. The van der Waals surface area contributed by atoms with Gasteiger partial charge in [-0.2, -0.15) is 0 Å². The molecule has 1 aromatic carbocycles. The van der Waals surface area contributed by atoms with E-state index in [4.69, 9.17) is 9.47 Å². The number of carbonyl (C=O) groups excluding carboxylic acids is 2. The molecule has 0 saturated carbocycles. The molecular formula is C20H25N3O6S. The summed E-state index contributed by atoms with van der Waals surface area (Å²) in [5.74, 6) is -0.416. The van der Waals surface area contributed by atoms with Gasteiger partial charge in [0.1, 0.15) is 10.6 Å². The number of thiazole rings is 1. The van der Waals surface area contributed by atoms with Gasteiger partial charge in [-0.1, -0.05) is 31.1 Å². The summed E-state index contributed by atoms with van der Waals surface area (Å²) in [6, 6.07) is 5.52. The number of hydrogen-bond donors (Lipinski definition) is 0. The van der Waals surface area contributed by atoms with Crippen molar-refractivity contribution < 1.29 is 24.0 Å². The number of amides is 1. The Morgan fingerprint density at radius 3 is 2.50 bits per heavy atom. The molecule has 0 N–H and O–H groups in total. The summed E-state index contributed by atoms with van der Waals surface area (Å²) >= 11 is 1.12. The van der Waals surface area contributed by atoms with Gasteiger partial charge in [-0.3, -0.25) is 19.8 Å². The normalized spacial score (nSPS) is 10.5. The molecule has 10 heteroatoms. The van der Waals surface area contributed by atoms with E-state index in [2.05, 4.69) is 11.9 Å². The van der Waals surface area contributed by atoms with Crippen molar-refractivity contribution in [3.05, 3.63) is 45.0 Å². The van der Waals surface area contributed by atoms with E-state index in [1.54, 1.807) is 13.8 Å². The van der Waals surface area contributed by atoms with Crippen LogP contribution in [0.5, 0.6) is 5.75 Å². The van der Waals surface area contributed by atoms with Gasteiger partial charge in [0, 0.05) is 18.7 Å². The van der Waals surface area contributed by atoms with Gasteiger partial charge in [0.2, 0.25) is 0 Å². The average Bonchev–Trinajstić information content (AvgIpc) is 3.11. The summed E-state index contributed by atoms with van der Waals surface area (Å²) in [6.07, 6.45) is 2.72. The summed E-state index contributed by atoms with van der Waals surface area (Å²) in [5, 5.41) is 11.2. The van der Waals surface area contributed by atoms with Crippen molar-refractivity contribution in [2.45, 2.75) is 40.0 Å². The molecule has 0 spiro atoms. The minimum absolute atomic E-state index is 0.0559. The van der Waals surface area contributed by atoms with Gasteiger partial charge in [-0.25, -0.2) is 9.78 Å². The number of esters is 1. The molecule has 0 aliphatic carbocycles. The molecule has 1 amide bonds. The summed E-state index contributed by atoms with van der Waals surface area (Å²) in [4.78, 5) is 41.4. The smallest absolute Gasteiger partial charge is 0.350 e. The molecule has 0 aliphatic heterocycles. The van der Waals surface area contributed by atoms with E-state index in [1.165, 1.54) is 29.2 Å². The number of carbonyl (C=O) groups is 2. The van der Waals surface area contributed by atoms with E-state index in [0.29, 0.717) is 28.0 Å². The number of non-ortho nitro benzene ring substituents is 1. The molecule has 1 heterocycles. The van der Waals surface area contributed by atoms with Crippen LogP contribution >= 0.6 is 11.3 Å². The number of rotatable bonds is 11. The summed E-state index contributed by atoms with van der Waals surface area (Å²) in [5.41, 5.74) is 0.456. The Morgan fingerprint density at radius 1 is 1.20 bits per heavy atom. The number of unbranched alkanes of at least 4 members (excludes halogenated alkanes) is 2. The lowest BCUT2D eigenvalue weighted by Crippen LogP contribution is -2.35. The molecule has 0 fully saturated rings. The SMILES string of the molecule is CCCCCN(C(=O)COc1ccc([N+](=O)[O-])cc1)c1nc(C)c(C(=O)OCC)s1. The van der Waals surface area contributed by atoms with Gasteiger partial charge in [0.15, 0.2) is 11.7 Å². The molecule has 1 aromatic heterocycles. The number of ether oxygens (including phenoxy) is 2. The van der Waals surface area contributed by atoms with Crippen LogP contribution in [0.1, 0.15) is 48.5 Å². The fraction of sp³-hybridized carbons (Fsp3) is 0.450. The Kier molecular flexibility index (Phi) is 8.72. The maximum absolute atomic E-state index is 12.8. The van der Waals surface area contributed by atoms with Crippen molar-refractivity contribution in [2.24, 2.45) is 0 Å². The first-order valence-corrected chi connectivity index (χ1v) is 10.5. The second-order valence-corrected chi connectivity index (χ2v) is 7.40. The third-order valence-electron chi connectivity index (χ3n) is 4.17. The van der Waals surface area contributed by atoms with Crippen molar-refractivity contribution in [3.63, 3.8) is 0 Å². The number of nitro benzene ring substituents is 1. The molecule has 162 valence electrons. The highest BCUT2D eigenvalue weighted by atomic mass is 32.1. The summed E-state index contributed by atoms with van der Waals surface area (Å²) < 4.78 is 10.6. The first-order chi connectivity index (χ1) is 14.4. The highest BCUT2D eigenvalue weighted by Gasteiger charge is 2.24. The fourth-order valence-corrected chi connectivity index (χ4v) is 3.62. The number of aromatic nitrogens is 1. The molecular weight excluding hydrogens is 410 g/mol. The number of hydrogen-bond acceptors (Lipinski definition) is 8. The van der Waals surface area contributed by atoms with Crippen molar-refractivity contribution in [1.29, 1.82) is 0 Å². The zero-order chi connectivity index (χ0) is 22.1. The molecule has 0 bridgehead atoms. The lowest BCUT2D eigenvalue weighted by molar-refractivity contribution is -0.384. The molecule has 30 heavy (non-hydrogen) atoms. The Bertz CT molecular complexity index is 881. The van der Waals surface area contributed by atoms with E-state index in [9.17, 15) is 19.7 Å². The van der Waals surface area contributed by atoms with Gasteiger partial charge in [0.05, 0.1) is 17.2 Å². The Balaban J connectivity index is 2.13. The zero-order valence-corrected chi connectivity index (χ0v) is 18.1. The molecule has 0 unspecified atom stereocenters. The topological polar surface area (TPSA) is 112 Å². The maximum atomic E-state index is 12.8. The van der Waals surface area contributed by atoms with E-state index < -0.39 is 10.9 Å². The van der Waals surface area contributed by atoms with Crippen LogP contribution in [0.3, 0.4) is 0 Å². The number of anilines is 1.